The van der Waals surface area contributed by atoms with Crippen LogP contribution >= 0.6 is 0 Å². The molecule has 2 aromatic carbocycles. The number of aliphatic imine (C=N–C) groups is 1. The summed E-state index contributed by atoms with van der Waals surface area (Å²) in [5, 5.41) is 0. The zero-order chi connectivity index (χ0) is 17.8. The van der Waals surface area contributed by atoms with E-state index >= 15 is 0 Å². The zero-order valence-corrected chi connectivity index (χ0v) is 14.6. The van der Waals surface area contributed by atoms with E-state index in [2.05, 4.69) is 4.99 Å². The van der Waals surface area contributed by atoms with Crippen molar-refractivity contribution in [1.29, 1.82) is 0 Å². The highest BCUT2D eigenvalue weighted by atomic mass is 16.6. The second kappa shape index (κ2) is 7.18. The Morgan fingerprint density at radius 1 is 0.920 bits per heavy atom. The molecule has 3 rings (SSSR count). The summed E-state index contributed by atoms with van der Waals surface area (Å²) in [6, 6.07) is 16.0. The maximum atomic E-state index is 12.0. The first-order valence-electron chi connectivity index (χ1n) is 8.06. The number of hydrogen-bond acceptors (Lipinski definition) is 4. The van der Waals surface area contributed by atoms with Crippen LogP contribution in [0.25, 0.3) is 12.2 Å². The van der Waals surface area contributed by atoms with Gasteiger partial charge in [-0.2, -0.15) is 0 Å². The molecule has 0 N–H and O–H groups in total. The molecule has 0 bridgehead atoms. The first-order valence-corrected chi connectivity index (χ1v) is 8.06. The van der Waals surface area contributed by atoms with Crippen LogP contribution in [0.4, 0.5) is 5.69 Å². The van der Waals surface area contributed by atoms with Crippen molar-refractivity contribution in [2.24, 2.45) is 4.99 Å². The quantitative estimate of drug-likeness (QED) is 0.626. The van der Waals surface area contributed by atoms with E-state index in [1.165, 1.54) is 5.56 Å². The second-order valence-corrected chi connectivity index (χ2v) is 6.10. The number of rotatable bonds is 4. The van der Waals surface area contributed by atoms with Gasteiger partial charge < -0.3 is 9.64 Å². The van der Waals surface area contributed by atoms with E-state index in [1.807, 2.05) is 80.5 Å². The molecule has 0 unspecified atom stereocenters. The van der Waals surface area contributed by atoms with Gasteiger partial charge in [-0.3, -0.25) is 0 Å². The van der Waals surface area contributed by atoms with Gasteiger partial charge >= 0.3 is 5.97 Å². The van der Waals surface area contributed by atoms with Crippen molar-refractivity contribution >= 4 is 29.7 Å². The highest BCUT2D eigenvalue weighted by Crippen LogP contribution is 2.19. The summed E-state index contributed by atoms with van der Waals surface area (Å²) in [6.45, 7) is 2.04. The van der Waals surface area contributed by atoms with Crippen molar-refractivity contribution in [3.63, 3.8) is 0 Å². The van der Waals surface area contributed by atoms with Crippen LogP contribution in [0, 0.1) is 6.92 Å². The van der Waals surface area contributed by atoms with E-state index < -0.39 is 5.97 Å². The maximum absolute atomic E-state index is 12.0. The number of carbonyl (C=O) groups is 1. The number of aryl methyl sites for hydroxylation is 1. The first kappa shape index (κ1) is 16.7. The topological polar surface area (TPSA) is 41.9 Å². The standard InChI is InChI=1S/C21H20N2O2/c1-15-4-6-16(7-5-15)10-13-20-22-19(21(24)25-20)14-17-8-11-18(12-9-17)23(2)3/h4-14H,1-3H3/b13-10+,19-14-. The van der Waals surface area contributed by atoms with Crippen LogP contribution in [0.15, 0.2) is 65.3 Å². The van der Waals surface area contributed by atoms with Crippen molar-refractivity contribution in [3.05, 3.63) is 77.0 Å². The van der Waals surface area contributed by atoms with Gasteiger partial charge in [0.15, 0.2) is 5.70 Å². The molecule has 0 saturated heterocycles. The van der Waals surface area contributed by atoms with Gasteiger partial charge in [0.2, 0.25) is 5.90 Å². The van der Waals surface area contributed by atoms with E-state index in [-0.39, 0.29) is 0 Å². The third-order valence-corrected chi connectivity index (χ3v) is 3.85. The number of nitrogens with zero attached hydrogens (tertiary/aromatic N) is 2. The van der Waals surface area contributed by atoms with Crippen molar-refractivity contribution < 1.29 is 9.53 Å². The molecule has 0 spiro atoms. The predicted molar refractivity (Wildman–Crippen MR) is 102 cm³/mol. The normalized spacial score (nSPS) is 15.6. The summed E-state index contributed by atoms with van der Waals surface area (Å²) in [5.41, 5.74) is 4.54. The van der Waals surface area contributed by atoms with Crippen LogP contribution in [0.3, 0.4) is 0 Å². The summed E-state index contributed by atoms with van der Waals surface area (Å²) < 4.78 is 5.20. The van der Waals surface area contributed by atoms with Gasteiger partial charge in [-0.25, -0.2) is 9.79 Å². The molecule has 0 aromatic heterocycles. The van der Waals surface area contributed by atoms with Gasteiger partial charge in [0.05, 0.1) is 0 Å². The molecule has 0 amide bonds. The summed E-state index contributed by atoms with van der Waals surface area (Å²) in [4.78, 5) is 18.3. The van der Waals surface area contributed by atoms with Gasteiger partial charge in [-0.1, -0.05) is 42.0 Å². The zero-order valence-electron chi connectivity index (χ0n) is 14.6. The molecule has 1 aliphatic rings. The number of cyclic esters (lactones) is 1. The van der Waals surface area contributed by atoms with Crippen molar-refractivity contribution in [2.75, 3.05) is 19.0 Å². The van der Waals surface area contributed by atoms with Gasteiger partial charge in [0, 0.05) is 25.9 Å². The minimum absolute atomic E-state index is 0.307. The lowest BCUT2D eigenvalue weighted by Gasteiger charge is -2.11. The average molecular weight is 332 g/mol. The summed E-state index contributed by atoms with van der Waals surface area (Å²) in [6.07, 6.45) is 5.31. The molecule has 25 heavy (non-hydrogen) atoms. The Morgan fingerprint density at radius 3 is 2.20 bits per heavy atom. The molecule has 1 aliphatic heterocycles. The first-order chi connectivity index (χ1) is 12.0. The summed E-state index contributed by atoms with van der Waals surface area (Å²) in [5.74, 6) is -0.123. The number of hydrogen-bond donors (Lipinski definition) is 0. The van der Waals surface area contributed by atoms with Crippen molar-refractivity contribution in [2.45, 2.75) is 6.92 Å². The molecule has 0 aliphatic carbocycles. The lowest BCUT2D eigenvalue weighted by Crippen LogP contribution is -2.07. The van der Waals surface area contributed by atoms with Crippen LogP contribution in [-0.4, -0.2) is 26.0 Å². The molecule has 0 saturated carbocycles. The number of ether oxygens (including phenoxy) is 1. The third kappa shape index (κ3) is 4.23. The third-order valence-electron chi connectivity index (χ3n) is 3.85. The van der Waals surface area contributed by atoms with E-state index in [1.54, 1.807) is 12.2 Å². The van der Waals surface area contributed by atoms with Gasteiger partial charge in [-0.05, 0) is 42.3 Å². The van der Waals surface area contributed by atoms with Gasteiger partial charge in [0.1, 0.15) is 0 Å². The van der Waals surface area contributed by atoms with E-state index in [4.69, 9.17) is 4.74 Å². The SMILES string of the molecule is Cc1ccc(/C=C/C2=NC(=C\c3ccc(N(C)C)cc3)/C(=O)O2)cc1. The smallest absolute Gasteiger partial charge is 0.363 e. The Hall–Kier alpha value is -3.14. The van der Waals surface area contributed by atoms with Crippen LogP contribution < -0.4 is 4.90 Å². The minimum atomic E-state index is -0.430. The lowest BCUT2D eigenvalue weighted by molar-refractivity contribution is -0.129. The fraction of sp³-hybridized carbons (Fsp3) is 0.143. The number of esters is 1. The fourth-order valence-corrected chi connectivity index (χ4v) is 2.37. The molecule has 4 heteroatoms. The van der Waals surface area contributed by atoms with Crippen molar-refractivity contribution in [1.82, 2.24) is 0 Å². The number of carbonyl (C=O) groups excluding carboxylic acids is 1. The van der Waals surface area contributed by atoms with E-state index in [0.717, 1.165) is 16.8 Å². The molecule has 4 nitrogen and oxygen atoms in total. The molecule has 0 atom stereocenters. The fourth-order valence-electron chi connectivity index (χ4n) is 2.37. The molecular formula is C21H20N2O2. The average Bonchev–Trinajstić information content (AvgIpc) is 2.94. The lowest BCUT2D eigenvalue weighted by atomic mass is 10.1. The summed E-state index contributed by atoms with van der Waals surface area (Å²) >= 11 is 0. The Balaban J connectivity index is 1.76. The Kier molecular flexibility index (Phi) is 4.80. The van der Waals surface area contributed by atoms with Crippen LogP contribution in [0.5, 0.6) is 0 Å². The van der Waals surface area contributed by atoms with Gasteiger partial charge in [-0.15, -0.1) is 0 Å². The second-order valence-electron chi connectivity index (χ2n) is 6.10. The predicted octanol–water partition coefficient (Wildman–Crippen LogP) is 4.07. The summed E-state index contributed by atoms with van der Waals surface area (Å²) in [7, 11) is 3.97. The molecule has 1 heterocycles. The van der Waals surface area contributed by atoms with Crippen LogP contribution in [0.1, 0.15) is 16.7 Å². The Labute approximate surface area is 147 Å². The highest BCUT2D eigenvalue weighted by Gasteiger charge is 2.21. The minimum Gasteiger partial charge on any atom is -0.403 e. The molecule has 126 valence electrons. The van der Waals surface area contributed by atoms with Gasteiger partial charge in [0.25, 0.3) is 0 Å². The highest BCUT2D eigenvalue weighted by molar-refractivity contribution is 6.11. The van der Waals surface area contributed by atoms with Crippen LogP contribution in [0.2, 0.25) is 0 Å². The number of anilines is 1. The molecule has 0 fully saturated rings. The van der Waals surface area contributed by atoms with Crippen molar-refractivity contribution in [3.8, 4) is 0 Å². The molecule has 2 aromatic rings. The monoisotopic (exact) mass is 332 g/mol. The molecular weight excluding hydrogens is 312 g/mol. The van der Waals surface area contributed by atoms with Crippen LogP contribution in [-0.2, 0) is 9.53 Å². The maximum Gasteiger partial charge on any atom is 0.363 e. The molecule has 0 radical (unpaired) electrons. The van der Waals surface area contributed by atoms with E-state index in [0.29, 0.717) is 11.6 Å². The Morgan fingerprint density at radius 2 is 1.56 bits per heavy atom. The largest absolute Gasteiger partial charge is 0.403 e. The number of benzene rings is 2. The Bertz CT molecular complexity index is 858. The van der Waals surface area contributed by atoms with E-state index in [9.17, 15) is 4.79 Å².